The van der Waals surface area contributed by atoms with Crippen molar-refractivity contribution in [3.8, 4) is 0 Å². The van der Waals surface area contributed by atoms with E-state index >= 15 is 0 Å². The zero-order valence-electron chi connectivity index (χ0n) is 13.4. The van der Waals surface area contributed by atoms with Crippen molar-refractivity contribution in [1.29, 1.82) is 0 Å². The Kier molecular flexibility index (Phi) is 5.61. The quantitative estimate of drug-likeness (QED) is 0.703. The monoisotopic (exact) mass is 272 g/mol. The van der Waals surface area contributed by atoms with Crippen LogP contribution in [0.15, 0.2) is 0 Å². The first-order chi connectivity index (χ1) is 8.07. The van der Waals surface area contributed by atoms with Gasteiger partial charge >= 0.3 is 0 Å². The molecule has 1 aliphatic rings. The normalized spacial score (nSPS) is 30.5. The molecule has 0 saturated heterocycles. The smallest absolute Gasteiger partial charge is 0.0696 e. The minimum absolute atomic E-state index is 0.275. The van der Waals surface area contributed by atoms with Crippen LogP contribution in [0, 0.1) is 11.3 Å². The van der Waals surface area contributed by atoms with Crippen LogP contribution in [0.4, 0.5) is 0 Å². The molecule has 0 aromatic heterocycles. The van der Waals surface area contributed by atoms with Crippen molar-refractivity contribution in [1.82, 2.24) is 0 Å². The van der Waals surface area contributed by atoms with Gasteiger partial charge in [0.05, 0.1) is 12.7 Å². The highest BCUT2D eigenvalue weighted by atomic mass is 32.2. The summed E-state index contributed by atoms with van der Waals surface area (Å²) in [5.41, 5.74) is 0.275. The van der Waals surface area contributed by atoms with E-state index in [-0.39, 0.29) is 5.41 Å². The van der Waals surface area contributed by atoms with Gasteiger partial charge in [-0.15, -0.1) is 11.8 Å². The number of hydrogen-bond acceptors (Lipinski definition) is 2. The summed E-state index contributed by atoms with van der Waals surface area (Å²) in [5, 5.41) is 0.684. The third-order valence-corrected chi connectivity index (χ3v) is 4.78. The number of ether oxygens (including phenoxy) is 1. The fraction of sp³-hybridized carbons (Fsp3) is 1.00. The zero-order valence-corrected chi connectivity index (χ0v) is 14.2. The van der Waals surface area contributed by atoms with E-state index in [1.807, 2.05) is 0 Å². The van der Waals surface area contributed by atoms with Crippen LogP contribution in [0.5, 0.6) is 0 Å². The third kappa shape index (κ3) is 6.47. The summed E-state index contributed by atoms with van der Waals surface area (Å²) in [6.45, 7) is 17.0. The average molecular weight is 272 g/mol. The maximum absolute atomic E-state index is 6.26. The van der Waals surface area contributed by atoms with Gasteiger partial charge in [0.25, 0.3) is 0 Å². The molecule has 0 bridgehead atoms. The van der Waals surface area contributed by atoms with E-state index in [2.05, 4.69) is 60.2 Å². The number of rotatable bonds is 3. The topological polar surface area (TPSA) is 9.23 Å². The molecule has 108 valence electrons. The number of thioether (sulfide) groups is 1. The fourth-order valence-electron chi connectivity index (χ4n) is 2.42. The van der Waals surface area contributed by atoms with Gasteiger partial charge in [0.15, 0.2) is 0 Å². The van der Waals surface area contributed by atoms with Crippen LogP contribution in [-0.4, -0.2) is 22.7 Å². The van der Waals surface area contributed by atoms with Crippen molar-refractivity contribution in [3.63, 3.8) is 0 Å². The molecular formula is C16H32OS. The van der Waals surface area contributed by atoms with Gasteiger partial charge in [-0.05, 0) is 30.6 Å². The van der Waals surface area contributed by atoms with Crippen molar-refractivity contribution in [3.05, 3.63) is 0 Å². The molecule has 0 N–H and O–H groups in total. The summed E-state index contributed by atoms with van der Waals surface area (Å²) < 4.78 is 6.60. The molecule has 0 heterocycles. The van der Waals surface area contributed by atoms with E-state index in [4.69, 9.17) is 4.74 Å². The first-order valence-corrected chi connectivity index (χ1v) is 8.24. The molecule has 1 aliphatic carbocycles. The van der Waals surface area contributed by atoms with Gasteiger partial charge in [-0.3, -0.25) is 0 Å². The van der Waals surface area contributed by atoms with Crippen LogP contribution in [0.2, 0.25) is 0 Å². The lowest BCUT2D eigenvalue weighted by atomic mass is 9.88. The summed E-state index contributed by atoms with van der Waals surface area (Å²) in [4.78, 5) is 0. The summed E-state index contributed by atoms with van der Waals surface area (Å²) in [6.07, 6.45) is 4.38. The van der Waals surface area contributed by atoms with Gasteiger partial charge < -0.3 is 4.74 Å². The van der Waals surface area contributed by atoms with Crippen molar-refractivity contribution in [2.45, 2.75) is 83.8 Å². The Bertz CT molecular complexity index is 249. The molecule has 0 aromatic carbocycles. The first kappa shape index (κ1) is 16.4. The molecule has 3 atom stereocenters. The van der Waals surface area contributed by atoms with Crippen LogP contribution in [0.3, 0.4) is 0 Å². The van der Waals surface area contributed by atoms with E-state index in [1.54, 1.807) is 0 Å². The summed E-state index contributed by atoms with van der Waals surface area (Å²) in [7, 11) is 0. The highest BCUT2D eigenvalue weighted by Gasteiger charge is 2.33. The highest BCUT2D eigenvalue weighted by molar-refractivity contribution is 8.01. The maximum atomic E-state index is 6.26. The second kappa shape index (κ2) is 6.17. The van der Waals surface area contributed by atoms with E-state index in [0.717, 1.165) is 12.5 Å². The highest BCUT2D eigenvalue weighted by Crippen LogP contribution is 2.40. The lowest BCUT2D eigenvalue weighted by molar-refractivity contribution is -0.0154. The molecule has 2 unspecified atom stereocenters. The Labute approximate surface area is 118 Å². The number of hydrogen-bond donors (Lipinski definition) is 0. The minimum Gasteiger partial charge on any atom is -0.377 e. The van der Waals surface area contributed by atoms with Gasteiger partial charge in [0, 0.05) is 10.00 Å². The van der Waals surface area contributed by atoms with Crippen LogP contribution < -0.4 is 0 Å². The zero-order chi connectivity index (χ0) is 14.0. The van der Waals surface area contributed by atoms with Crippen LogP contribution >= 0.6 is 11.8 Å². The molecule has 1 saturated carbocycles. The van der Waals surface area contributed by atoms with Crippen molar-refractivity contribution >= 4 is 11.8 Å². The van der Waals surface area contributed by atoms with E-state index in [0.29, 0.717) is 16.1 Å². The van der Waals surface area contributed by atoms with Crippen molar-refractivity contribution < 1.29 is 4.74 Å². The predicted molar refractivity (Wildman–Crippen MR) is 83.3 cm³/mol. The molecule has 0 spiro atoms. The Hall–Kier alpha value is 0.310. The Morgan fingerprint density at radius 1 is 1.06 bits per heavy atom. The van der Waals surface area contributed by atoms with Gasteiger partial charge in [0.2, 0.25) is 0 Å². The van der Waals surface area contributed by atoms with Crippen LogP contribution in [-0.2, 0) is 4.74 Å². The molecule has 0 aromatic rings. The molecule has 0 radical (unpaired) electrons. The van der Waals surface area contributed by atoms with Gasteiger partial charge in [-0.25, -0.2) is 0 Å². The van der Waals surface area contributed by atoms with E-state index in [1.165, 1.54) is 19.3 Å². The Balaban J connectivity index is 2.57. The van der Waals surface area contributed by atoms with E-state index in [9.17, 15) is 0 Å². The van der Waals surface area contributed by atoms with E-state index < -0.39 is 0 Å². The summed E-state index contributed by atoms with van der Waals surface area (Å²) >= 11 is 2.11. The van der Waals surface area contributed by atoms with Gasteiger partial charge in [-0.1, -0.05) is 48.5 Å². The van der Waals surface area contributed by atoms with Gasteiger partial charge in [-0.2, -0.15) is 0 Å². The minimum atomic E-state index is 0.275. The lowest BCUT2D eigenvalue weighted by Gasteiger charge is -2.38. The second-order valence-electron chi connectivity index (χ2n) is 8.10. The first-order valence-electron chi connectivity index (χ1n) is 7.36. The third-order valence-electron chi connectivity index (χ3n) is 3.23. The summed E-state index contributed by atoms with van der Waals surface area (Å²) in [5.74, 6) is 0.826. The summed E-state index contributed by atoms with van der Waals surface area (Å²) in [6, 6.07) is 0. The van der Waals surface area contributed by atoms with Crippen LogP contribution in [0.25, 0.3) is 0 Å². The molecule has 2 heteroatoms. The predicted octanol–water partition coefficient (Wildman–Crippen LogP) is 5.14. The lowest BCUT2D eigenvalue weighted by Crippen LogP contribution is -2.37. The molecule has 0 amide bonds. The SMILES string of the molecule is CC1CCC(SC(C)(C)C)[C@H](OCC(C)(C)C)C1. The molecule has 1 fully saturated rings. The second-order valence-corrected chi connectivity index (χ2v) is 10.2. The van der Waals surface area contributed by atoms with Crippen molar-refractivity contribution in [2.75, 3.05) is 6.61 Å². The molecule has 1 nitrogen and oxygen atoms in total. The van der Waals surface area contributed by atoms with Gasteiger partial charge in [0.1, 0.15) is 0 Å². The largest absolute Gasteiger partial charge is 0.377 e. The molecular weight excluding hydrogens is 240 g/mol. The Morgan fingerprint density at radius 3 is 2.17 bits per heavy atom. The average Bonchev–Trinajstić information content (AvgIpc) is 2.15. The molecule has 18 heavy (non-hydrogen) atoms. The fourth-order valence-corrected chi connectivity index (χ4v) is 3.93. The Morgan fingerprint density at radius 2 is 1.67 bits per heavy atom. The van der Waals surface area contributed by atoms with Crippen molar-refractivity contribution in [2.24, 2.45) is 11.3 Å². The maximum Gasteiger partial charge on any atom is 0.0696 e. The standard InChI is InChI=1S/C16H32OS/c1-12-8-9-14(18-16(5,6)7)13(10-12)17-11-15(2,3)4/h12-14H,8-11H2,1-7H3/t12?,13-,14?/m1/s1. The van der Waals surface area contributed by atoms with Crippen LogP contribution in [0.1, 0.15) is 67.7 Å². The molecule has 1 rings (SSSR count). The molecule has 0 aliphatic heterocycles.